The number of carbonyl (C=O) groups is 1. The number of thiophene rings is 1. The number of methoxy groups -OCH3 is 1. The molecule has 0 aliphatic carbocycles. The van der Waals surface area contributed by atoms with Crippen LogP contribution in [0.25, 0.3) is 10.7 Å². The van der Waals surface area contributed by atoms with Gasteiger partial charge in [-0.2, -0.15) is 0 Å². The van der Waals surface area contributed by atoms with E-state index in [9.17, 15) is 4.79 Å². The molecule has 0 unspecified atom stereocenters. The van der Waals surface area contributed by atoms with Crippen molar-refractivity contribution >= 4 is 28.9 Å². The van der Waals surface area contributed by atoms with Crippen molar-refractivity contribution in [1.29, 1.82) is 0 Å². The van der Waals surface area contributed by atoms with E-state index in [1.807, 2.05) is 49.0 Å². The van der Waals surface area contributed by atoms with Crippen LogP contribution in [0.5, 0.6) is 0 Å². The molecule has 0 saturated carbocycles. The minimum absolute atomic E-state index is 0.104. The van der Waals surface area contributed by atoms with E-state index < -0.39 is 0 Å². The fourth-order valence-corrected chi connectivity index (χ4v) is 4.42. The van der Waals surface area contributed by atoms with Crippen LogP contribution in [-0.4, -0.2) is 44.6 Å². The average Bonchev–Trinajstić information content (AvgIpc) is 3.32. The lowest BCUT2D eigenvalue weighted by molar-refractivity contribution is 0.102. The summed E-state index contributed by atoms with van der Waals surface area (Å²) in [6.45, 7) is 5.38. The fourth-order valence-electron chi connectivity index (χ4n) is 2.88. The van der Waals surface area contributed by atoms with Crippen molar-refractivity contribution in [3.63, 3.8) is 0 Å². The second-order valence-electron chi connectivity index (χ2n) is 5.98. The molecule has 0 aromatic carbocycles. The predicted molar refractivity (Wildman–Crippen MR) is 105 cm³/mol. The summed E-state index contributed by atoms with van der Waals surface area (Å²) < 4.78 is 9.21. The predicted octanol–water partition coefficient (Wildman–Crippen LogP) is 3.58. The van der Waals surface area contributed by atoms with Gasteiger partial charge in [-0.1, -0.05) is 17.8 Å². The maximum absolute atomic E-state index is 12.7. The summed E-state index contributed by atoms with van der Waals surface area (Å²) in [7, 11) is 3.61. The summed E-state index contributed by atoms with van der Waals surface area (Å²) in [4.78, 5) is 13.8. The van der Waals surface area contributed by atoms with E-state index in [1.165, 1.54) is 11.8 Å². The van der Waals surface area contributed by atoms with Gasteiger partial charge in [0.1, 0.15) is 0 Å². The zero-order valence-electron chi connectivity index (χ0n) is 15.4. The van der Waals surface area contributed by atoms with Gasteiger partial charge in [0, 0.05) is 37.7 Å². The Kier molecular flexibility index (Phi) is 5.95. The van der Waals surface area contributed by atoms with Crippen molar-refractivity contribution in [2.75, 3.05) is 19.5 Å². The van der Waals surface area contributed by atoms with Crippen LogP contribution in [0.3, 0.4) is 0 Å². The van der Waals surface area contributed by atoms with Gasteiger partial charge in [-0.05, 0) is 31.4 Å². The molecule has 3 heterocycles. The van der Waals surface area contributed by atoms with Gasteiger partial charge >= 0.3 is 0 Å². The van der Waals surface area contributed by atoms with Crippen LogP contribution in [0.1, 0.15) is 21.7 Å². The number of hydrogen-bond donors (Lipinski definition) is 0. The monoisotopic (exact) mass is 390 g/mol. The lowest BCUT2D eigenvalue weighted by Crippen LogP contribution is -2.10. The van der Waals surface area contributed by atoms with Crippen molar-refractivity contribution in [3.8, 4) is 10.7 Å². The summed E-state index contributed by atoms with van der Waals surface area (Å²) >= 11 is 3.05. The Bertz CT molecular complexity index is 897. The molecule has 8 heteroatoms. The van der Waals surface area contributed by atoms with E-state index >= 15 is 0 Å². The molecule has 26 heavy (non-hydrogen) atoms. The van der Waals surface area contributed by atoms with Crippen molar-refractivity contribution in [1.82, 2.24) is 19.3 Å². The number of aromatic nitrogens is 4. The van der Waals surface area contributed by atoms with Crippen LogP contribution in [0.15, 0.2) is 28.7 Å². The maximum atomic E-state index is 12.7. The molecule has 6 nitrogen and oxygen atoms in total. The lowest BCUT2D eigenvalue weighted by atomic mass is 10.2. The highest BCUT2D eigenvalue weighted by atomic mass is 32.2. The van der Waals surface area contributed by atoms with Gasteiger partial charge in [-0.3, -0.25) is 4.79 Å². The zero-order chi connectivity index (χ0) is 18.7. The molecule has 0 aliphatic rings. The zero-order valence-corrected chi connectivity index (χ0v) is 17.0. The molecule has 0 saturated heterocycles. The standard InChI is InChI=1S/C18H22N4O2S2/c1-12-10-14(13(2)22(12)7-8-24-4)15(23)11-26-18-20-19-17(21(18)3)16-6-5-9-25-16/h5-6,9-10H,7-8,11H2,1-4H3. The first-order chi connectivity index (χ1) is 12.5. The first-order valence-corrected chi connectivity index (χ1v) is 10.1. The van der Waals surface area contributed by atoms with Gasteiger partial charge < -0.3 is 13.9 Å². The molecule has 0 aliphatic heterocycles. The Morgan fingerprint density at radius 3 is 2.85 bits per heavy atom. The molecule has 0 atom stereocenters. The molecular formula is C18H22N4O2S2. The minimum Gasteiger partial charge on any atom is -0.383 e. The first-order valence-electron chi connectivity index (χ1n) is 8.28. The molecule has 0 N–H and O–H groups in total. The largest absolute Gasteiger partial charge is 0.383 e. The first kappa shape index (κ1) is 18.9. The van der Waals surface area contributed by atoms with E-state index in [2.05, 4.69) is 14.8 Å². The number of ketones is 1. The molecule has 138 valence electrons. The molecule has 0 spiro atoms. The molecular weight excluding hydrogens is 368 g/mol. The van der Waals surface area contributed by atoms with Crippen molar-refractivity contribution in [2.45, 2.75) is 25.5 Å². The van der Waals surface area contributed by atoms with Crippen LogP contribution < -0.4 is 0 Å². The van der Waals surface area contributed by atoms with Crippen LogP contribution in [0, 0.1) is 13.8 Å². The Hall–Kier alpha value is -1.90. The minimum atomic E-state index is 0.104. The van der Waals surface area contributed by atoms with E-state index in [0.29, 0.717) is 12.4 Å². The van der Waals surface area contributed by atoms with Crippen LogP contribution in [-0.2, 0) is 18.3 Å². The van der Waals surface area contributed by atoms with Gasteiger partial charge in [0.2, 0.25) is 0 Å². The number of nitrogens with zero attached hydrogens (tertiary/aromatic N) is 4. The molecule has 3 aromatic heterocycles. The molecule has 0 fully saturated rings. The smallest absolute Gasteiger partial charge is 0.191 e. The van der Waals surface area contributed by atoms with E-state index in [1.54, 1.807) is 18.4 Å². The van der Waals surface area contributed by atoms with Crippen LogP contribution in [0.4, 0.5) is 0 Å². The number of ether oxygens (including phenoxy) is 1. The summed E-state index contributed by atoms with van der Waals surface area (Å²) in [5, 5.41) is 11.2. The van der Waals surface area contributed by atoms with Gasteiger partial charge in [-0.15, -0.1) is 21.5 Å². The SMILES string of the molecule is COCCn1c(C)cc(C(=O)CSc2nnc(-c3cccs3)n2C)c1C. The molecule has 3 aromatic rings. The molecule has 0 bridgehead atoms. The Balaban J connectivity index is 1.70. The summed E-state index contributed by atoms with van der Waals surface area (Å²) in [5.41, 5.74) is 2.83. The van der Waals surface area contributed by atoms with Crippen LogP contribution >= 0.6 is 23.1 Å². The highest BCUT2D eigenvalue weighted by molar-refractivity contribution is 7.99. The maximum Gasteiger partial charge on any atom is 0.191 e. The number of aryl methyl sites for hydroxylation is 1. The summed E-state index contributed by atoms with van der Waals surface area (Å²) in [6.07, 6.45) is 0. The van der Waals surface area contributed by atoms with E-state index in [0.717, 1.165) is 39.4 Å². The lowest BCUT2D eigenvalue weighted by Gasteiger charge is -2.08. The second-order valence-corrected chi connectivity index (χ2v) is 7.87. The number of Topliss-reactive ketones (excluding diaryl/α,β-unsaturated/α-hetero) is 1. The molecule has 0 amide bonds. The third-order valence-corrected chi connectivity index (χ3v) is 6.19. The highest BCUT2D eigenvalue weighted by Crippen LogP contribution is 2.27. The Labute approximate surface area is 161 Å². The number of carbonyl (C=O) groups excluding carboxylic acids is 1. The van der Waals surface area contributed by atoms with Gasteiger partial charge in [0.05, 0.1) is 17.2 Å². The Morgan fingerprint density at radius 2 is 2.15 bits per heavy atom. The number of thioether (sulfide) groups is 1. The summed E-state index contributed by atoms with van der Waals surface area (Å²) in [5.74, 6) is 1.27. The average molecular weight is 391 g/mol. The normalized spacial score (nSPS) is 11.2. The fraction of sp³-hybridized carbons (Fsp3) is 0.389. The van der Waals surface area contributed by atoms with E-state index in [-0.39, 0.29) is 5.78 Å². The quantitative estimate of drug-likeness (QED) is 0.434. The highest BCUT2D eigenvalue weighted by Gasteiger charge is 2.18. The van der Waals surface area contributed by atoms with Gasteiger partial charge in [-0.25, -0.2) is 0 Å². The number of rotatable bonds is 8. The third kappa shape index (κ3) is 3.77. The van der Waals surface area contributed by atoms with Crippen molar-refractivity contribution < 1.29 is 9.53 Å². The van der Waals surface area contributed by atoms with Gasteiger partial charge in [0.15, 0.2) is 16.8 Å². The number of hydrogen-bond acceptors (Lipinski definition) is 6. The molecule has 3 rings (SSSR count). The van der Waals surface area contributed by atoms with Crippen molar-refractivity contribution in [2.24, 2.45) is 7.05 Å². The second kappa shape index (κ2) is 8.20. The topological polar surface area (TPSA) is 61.9 Å². The summed E-state index contributed by atoms with van der Waals surface area (Å²) in [6, 6.07) is 5.97. The Morgan fingerprint density at radius 1 is 1.35 bits per heavy atom. The third-order valence-electron chi connectivity index (χ3n) is 4.30. The van der Waals surface area contributed by atoms with E-state index in [4.69, 9.17) is 4.74 Å². The molecule has 0 radical (unpaired) electrons. The van der Waals surface area contributed by atoms with Crippen LogP contribution in [0.2, 0.25) is 0 Å². The van der Waals surface area contributed by atoms with Gasteiger partial charge in [0.25, 0.3) is 0 Å². The van der Waals surface area contributed by atoms with Crippen molar-refractivity contribution in [3.05, 3.63) is 40.5 Å².